The number of carbonyl (C=O) groups is 2. The molecular weight excluding hydrogens is 442 g/mol. The van der Waals surface area contributed by atoms with Gasteiger partial charge in [-0.2, -0.15) is 0 Å². The molecule has 7 heteroatoms. The fraction of sp³-hybridized carbons (Fsp3) is 0.464. The summed E-state index contributed by atoms with van der Waals surface area (Å²) in [4.78, 5) is 29.0. The third-order valence-electron chi connectivity index (χ3n) is 5.74. The molecule has 3 aromatic rings. The third-order valence-corrected chi connectivity index (χ3v) is 5.74. The van der Waals surface area contributed by atoms with Crippen LogP contribution in [0, 0.1) is 5.41 Å². The molecule has 0 aliphatic heterocycles. The van der Waals surface area contributed by atoms with Crippen LogP contribution < -0.4 is 5.32 Å². The van der Waals surface area contributed by atoms with E-state index in [4.69, 9.17) is 14.5 Å². The molecule has 0 spiro atoms. The molecule has 0 unspecified atom stereocenters. The first-order valence-electron chi connectivity index (χ1n) is 12.3. The van der Waals surface area contributed by atoms with E-state index in [0.717, 1.165) is 55.6 Å². The van der Waals surface area contributed by atoms with Gasteiger partial charge in [0.15, 0.2) is 0 Å². The number of benzene rings is 2. The normalized spacial score (nSPS) is 11.4. The molecule has 0 aliphatic carbocycles. The van der Waals surface area contributed by atoms with E-state index in [2.05, 4.69) is 30.7 Å². The highest BCUT2D eigenvalue weighted by Gasteiger charge is 2.21. The summed E-state index contributed by atoms with van der Waals surface area (Å²) < 4.78 is 12.4. The van der Waals surface area contributed by atoms with Crippen LogP contribution in [0.5, 0.6) is 0 Å². The Hall–Kier alpha value is -3.35. The number of fused-ring (bicyclic) bond motifs is 1. The molecule has 0 bridgehead atoms. The smallest absolute Gasteiger partial charge is 0.407 e. The molecule has 0 saturated carbocycles. The minimum atomic E-state index is -0.382. The number of unbranched alkanes of at least 4 members (excludes halogenated alkanes) is 3. The van der Waals surface area contributed by atoms with Crippen LogP contribution in [0.15, 0.2) is 48.5 Å². The number of para-hydroxylation sites is 1. The summed E-state index contributed by atoms with van der Waals surface area (Å²) in [7, 11) is 1.39. The number of imidazole rings is 1. The number of hydrogen-bond donors (Lipinski definition) is 1. The van der Waals surface area contributed by atoms with Crippen LogP contribution in [-0.2, 0) is 29.0 Å². The van der Waals surface area contributed by atoms with Gasteiger partial charge in [0.05, 0.1) is 18.2 Å². The Morgan fingerprint density at radius 2 is 1.71 bits per heavy atom. The monoisotopic (exact) mass is 479 g/mol. The lowest BCUT2D eigenvalue weighted by molar-refractivity contribution is 0.0602. The van der Waals surface area contributed by atoms with Gasteiger partial charge in [-0.3, -0.25) is 0 Å². The van der Waals surface area contributed by atoms with Crippen LogP contribution in [-0.4, -0.2) is 35.3 Å². The van der Waals surface area contributed by atoms with E-state index < -0.39 is 0 Å². The number of aromatic nitrogens is 2. The highest BCUT2D eigenvalue weighted by molar-refractivity contribution is 6.02. The van der Waals surface area contributed by atoms with Crippen molar-refractivity contribution in [1.82, 2.24) is 14.9 Å². The van der Waals surface area contributed by atoms with Crippen molar-refractivity contribution in [3.8, 4) is 0 Å². The minimum Gasteiger partial charge on any atom is -0.465 e. The van der Waals surface area contributed by atoms with Crippen molar-refractivity contribution < 1.29 is 19.1 Å². The van der Waals surface area contributed by atoms with Crippen molar-refractivity contribution in [3.63, 3.8) is 0 Å². The number of ether oxygens (including phenoxy) is 2. The lowest BCUT2D eigenvalue weighted by atomic mass is 9.92. The lowest BCUT2D eigenvalue weighted by Crippen LogP contribution is -2.25. The van der Waals surface area contributed by atoms with Gasteiger partial charge in [0.1, 0.15) is 17.9 Å². The van der Waals surface area contributed by atoms with Crippen molar-refractivity contribution in [3.05, 3.63) is 65.5 Å². The molecule has 188 valence electrons. The van der Waals surface area contributed by atoms with Crippen LogP contribution in [0.1, 0.15) is 68.2 Å². The molecule has 2 aromatic carbocycles. The molecule has 1 N–H and O–H groups in total. The molecule has 1 amide bonds. The summed E-state index contributed by atoms with van der Waals surface area (Å²) in [6, 6.07) is 15.3. The van der Waals surface area contributed by atoms with Gasteiger partial charge in [0.2, 0.25) is 0 Å². The van der Waals surface area contributed by atoms with E-state index >= 15 is 0 Å². The van der Waals surface area contributed by atoms with E-state index in [1.807, 2.05) is 42.5 Å². The fourth-order valence-corrected chi connectivity index (χ4v) is 4.04. The van der Waals surface area contributed by atoms with Crippen molar-refractivity contribution >= 4 is 23.1 Å². The van der Waals surface area contributed by atoms with Gasteiger partial charge in [0.25, 0.3) is 0 Å². The van der Waals surface area contributed by atoms with E-state index in [1.165, 1.54) is 7.11 Å². The number of esters is 1. The average Bonchev–Trinajstić information content (AvgIpc) is 3.17. The minimum absolute atomic E-state index is 0.0747. The van der Waals surface area contributed by atoms with E-state index in [9.17, 15) is 9.59 Å². The maximum atomic E-state index is 12.2. The number of aryl methyl sites for hydroxylation is 1. The second-order valence-electron chi connectivity index (χ2n) is 9.98. The maximum absolute atomic E-state index is 12.2. The molecule has 0 saturated heterocycles. The third kappa shape index (κ3) is 7.84. The average molecular weight is 480 g/mol. The molecule has 7 nitrogen and oxygen atoms in total. The zero-order valence-electron chi connectivity index (χ0n) is 21.3. The molecule has 0 radical (unpaired) electrons. The van der Waals surface area contributed by atoms with Crippen LogP contribution >= 0.6 is 0 Å². The summed E-state index contributed by atoms with van der Waals surface area (Å²) in [6.07, 6.45) is 4.36. The Morgan fingerprint density at radius 3 is 2.43 bits per heavy atom. The summed E-state index contributed by atoms with van der Waals surface area (Å²) in [5.41, 5.74) is 3.22. The van der Waals surface area contributed by atoms with Crippen molar-refractivity contribution in [1.29, 1.82) is 0 Å². The van der Waals surface area contributed by atoms with Gasteiger partial charge >= 0.3 is 12.1 Å². The standard InChI is InChI=1S/C28H37N3O4/c1-28(2,3)19-24-30-25-22(26(32)34-4)15-12-16-23(25)31(24)18-11-6-5-10-17-29-27(33)35-20-21-13-8-7-9-14-21/h7-9,12-16H,5-6,10-11,17-20H2,1-4H3,(H,29,33). The van der Waals surface area contributed by atoms with Gasteiger partial charge in [-0.25, -0.2) is 14.6 Å². The van der Waals surface area contributed by atoms with E-state index in [-0.39, 0.29) is 24.1 Å². The van der Waals surface area contributed by atoms with Crippen molar-refractivity contribution in [2.75, 3.05) is 13.7 Å². The number of nitrogens with one attached hydrogen (secondary N) is 1. The fourth-order valence-electron chi connectivity index (χ4n) is 4.04. The van der Waals surface area contributed by atoms with Gasteiger partial charge in [-0.05, 0) is 36.0 Å². The Kier molecular flexibility index (Phi) is 9.29. The first-order valence-corrected chi connectivity index (χ1v) is 12.3. The quantitative estimate of drug-likeness (QED) is 0.274. The number of methoxy groups -OCH3 is 1. The predicted octanol–water partition coefficient (Wildman–Crippen LogP) is 5.90. The maximum Gasteiger partial charge on any atom is 0.407 e. The Bertz CT molecular complexity index is 1120. The molecule has 0 fully saturated rings. The van der Waals surface area contributed by atoms with Crippen molar-refractivity contribution in [2.24, 2.45) is 5.41 Å². The molecule has 1 aromatic heterocycles. The number of alkyl carbamates (subject to hydrolysis) is 1. The topological polar surface area (TPSA) is 82.5 Å². The largest absolute Gasteiger partial charge is 0.465 e. The summed E-state index contributed by atoms with van der Waals surface area (Å²) in [6.45, 7) is 8.28. The number of nitrogens with zero attached hydrogens (tertiary/aromatic N) is 2. The second-order valence-corrected chi connectivity index (χ2v) is 9.98. The van der Waals surface area contributed by atoms with Gasteiger partial charge in [-0.15, -0.1) is 0 Å². The molecular formula is C28H37N3O4. The zero-order valence-corrected chi connectivity index (χ0v) is 21.3. The molecule has 0 atom stereocenters. The van der Waals surface area contributed by atoms with Crippen LogP contribution in [0.2, 0.25) is 0 Å². The van der Waals surface area contributed by atoms with Gasteiger partial charge < -0.3 is 19.4 Å². The van der Waals surface area contributed by atoms with Gasteiger partial charge in [0, 0.05) is 19.5 Å². The highest BCUT2D eigenvalue weighted by Crippen LogP contribution is 2.27. The summed E-state index contributed by atoms with van der Waals surface area (Å²) >= 11 is 0. The lowest BCUT2D eigenvalue weighted by Gasteiger charge is -2.19. The number of rotatable bonds is 11. The van der Waals surface area contributed by atoms with Gasteiger partial charge in [-0.1, -0.05) is 70.0 Å². The first kappa shape index (κ1) is 26.3. The molecule has 1 heterocycles. The first-order chi connectivity index (χ1) is 16.8. The van der Waals surface area contributed by atoms with Crippen LogP contribution in [0.3, 0.4) is 0 Å². The highest BCUT2D eigenvalue weighted by atomic mass is 16.5. The Morgan fingerprint density at radius 1 is 0.971 bits per heavy atom. The predicted molar refractivity (Wildman–Crippen MR) is 137 cm³/mol. The number of carbonyl (C=O) groups excluding carboxylic acids is 2. The molecule has 35 heavy (non-hydrogen) atoms. The zero-order chi connectivity index (χ0) is 25.3. The number of amides is 1. The van der Waals surface area contributed by atoms with Crippen LogP contribution in [0.4, 0.5) is 4.79 Å². The second kappa shape index (κ2) is 12.4. The van der Waals surface area contributed by atoms with Crippen LogP contribution in [0.25, 0.3) is 11.0 Å². The van der Waals surface area contributed by atoms with Crippen molar-refractivity contribution in [2.45, 2.75) is 66.0 Å². The number of hydrogen-bond acceptors (Lipinski definition) is 5. The summed E-state index contributed by atoms with van der Waals surface area (Å²) in [5, 5.41) is 2.82. The Labute approximate surface area is 207 Å². The SMILES string of the molecule is COC(=O)c1cccc2c1nc(CC(C)(C)C)n2CCCCCCNC(=O)OCc1ccccc1. The van der Waals surface area contributed by atoms with E-state index in [1.54, 1.807) is 6.07 Å². The Balaban J connectivity index is 1.49. The molecule has 0 aliphatic rings. The summed E-state index contributed by atoms with van der Waals surface area (Å²) in [5.74, 6) is 0.629. The van der Waals surface area contributed by atoms with E-state index in [0.29, 0.717) is 17.6 Å². The molecule has 3 rings (SSSR count).